The maximum absolute atomic E-state index is 5.38. The Morgan fingerprint density at radius 2 is 1.94 bits per heavy atom. The van der Waals surface area contributed by atoms with Crippen LogP contribution < -0.4 is 5.32 Å². The lowest BCUT2D eigenvalue weighted by Gasteiger charge is -2.20. The van der Waals surface area contributed by atoms with Gasteiger partial charge in [-0.2, -0.15) is 0 Å². The van der Waals surface area contributed by atoms with Gasteiger partial charge in [-0.15, -0.1) is 0 Å². The molecule has 102 valence electrons. The van der Waals surface area contributed by atoms with Gasteiger partial charge in [0.15, 0.2) is 0 Å². The van der Waals surface area contributed by atoms with Gasteiger partial charge in [0.05, 0.1) is 6.10 Å². The van der Waals surface area contributed by atoms with Crippen LogP contribution in [0, 0.1) is 5.92 Å². The van der Waals surface area contributed by atoms with Crippen molar-refractivity contribution in [1.29, 1.82) is 0 Å². The van der Waals surface area contributed by atoms with Gasteiger partial charge in [0.2, 0.25) is 0 Å². The maximum Gasteiger partial charge on any atom is 0.0546 e. The van der Waals surface area contributed by atoms with Crippen molar-refractivity contribution in [1.82, 2.24) is 5.32 Å². The fourth-order valence-electron chi connectivity index (χ4n) is 2.11. The molecule has 0 aliphatic rings. The van der Waals surface area contributed by atoms with Crippen LogP contribution >= 0.6 is 15.9 Å². The molecular weight excluding hydrogens is 290 g/mol. The van der Waals surface area contributed by atoms with Gasteiger partial charge in [0.25, 0.3) is 0 Å². The van der Waals surface area contributed by atoms with E-state index >= 15 is 0 Å². The van der Waals surface area contributed by atoms with Crippen molar-refractivity contribution in [2.75, 3.05) is 20.2 Å². The average Bonchev–Trinajstić information content (AvgIpc) is 2.38. The van der Waals surface area contributed by atoms with Gasteiger partial charge in [-0.25, -0.2) is 0 Å². The first kappa shape index (κ1) is 15.7. The number of rotatable bonds is 8. The van der Waals surface area contributed by atoms with E-state index in [2.05, 4.69) is 59.4 Å². The summed E-state index contributed by atoms with van der Waals surface area (Å²) in [5.74, 6) is 0.626. The number of benzene rings is 1. The monoisotopic (exact) mass is 313 g/mol. The smallest absolute Gasteiger partial charge is 0.0546 e. The van der Waals surface area contributed by atoms with Gasteiger partial charge in [0.1, 0.15) is 0 Å². The van der Waals surface area contributed by atoms with E-state index < -0.39 is 0 Å². The molecule has 1 aromatic rings. The maximum atomic E-state index is 5.38. The number of methoxy groups -OCH3 is 1. The summed E-state index contributed by atoms with van der Waals surface area (Å²) in [6, 6.07) is 8.61. The molecule has 1 N–H and O–H groups in total. The Kier molecular flexibility index (Phi) is 7.56. The van der Waals surface area contributed by atoms with Crippen LogP contribution in [0.4, 0.5) is 0 Å². The number of halogens is 1. The lowest BCUT2D eigenvalue weighted by atomic mass is 9.94. The molecule has 0 saturated heterocycles. The van der Waals surface area contributed by atoms with Crippen LogP contribution in [0.25, 0.3) is 0 Å². The van der Waals surface area contributed by atoms with Crippen LogP contribution in [0.5, 0.6) is 0 Å². The fraction of sp³-hybridized carbons (Fsp3) is 0.600. The molecule has 0 aliphatic carbocycles. The molecular formula is C15H24BrNO. The van der Waals surface area contributed by atoms with Gasteiger partial charge in [-0.05, 0) is 56.5 Å². The Labute approximate surface area is 119 Å². The topological polar surface area (TPSA) is 21.3 Å². The van der Waals surface area contributed by atoms with E-state index in [4.69, 9.17) is 4.74 Å². The molecule has 1 aromatic carbocycles. The zero-order valence-electron chi connectivity index (χ0n) is 11.6. The van der Waals surface area contributed by atoms with E-state index in [0.717, 1.165) is 30.4 Å². The Morgan fingerprint density at radius 1 is 1.28 bits per heavy atom. The molecule has 0 fully saturated rings. The second-order valence-corrected chi connectivity index (χ2v) is 5.70. The Balaban J connectivity index is 2.56. The summed E-state index contributed by atoms with van der Waals surface area (Å²) in [4.78, 5) is 0. The van der Waals surface area contributed by atoms with E-state index in [1.165, 1.54) is 5.56 Å². The summed E-state index contributed by atoms with van der Waals surface area (Å²) in [6.07, 6.45) is 2.53. The molecule has 2 atom stereocenters. The molecule has 0 bridgehead atoms. The molecule has 2 unspecified atom stereocenters. The van der Waals surface area contributed by atoms with Crippen molar-refractivity contribution in [3.05, 3.63) is 34.3 Å². The molecule has 0 radical (unpaired) electrons. The molecule has 18 heavy (non-hydrogen) atoms. The van der Waals surface area contributed by atoms with Gasteiger partial charge in [-0.1, -0.05) is 35.0 Å². The summed E-state index contributed by atoms with van der Waals surface area (Å²) in [6.45, 7) is 6.37. The molecule has 0 amide bonds. The summed E-state index contributed by atoms with van der Waals surface area (Å²) in [5, 5.41) is 3.44. The zero-order valence-corrected chi connectivity index (χ0v) is 13.2. The SMILES string of the molecule is CCNCC(Cc1ccc(Br)cc1)CC(C)OC. The lowest BCUT2D eigenvalue weighted by molar-refractivity contribution is 0.0947. The first-order valence-electron chi connectivity index (χ1n) is 6.63. The highest BCUT2D eigenvalue weighted by atomic mass is 79.9. The number of hydrogen-bond donors (Lipinski definition) is 1. The van der Waals surface area contributed by atoms with Crippen LogP contribution in [0.15, 0.2) is 28.7 Å². The average molecular weight is 314 g/mol. The highest BCUT2D eigenvalue weighted by Gasteiger charge is 2.13. The Hall–Kier alpha value is -0.380. The van der Waals surface area contributed by atoms with Crippen LogP contribution in [0.2, 0.25) is 0 Å². The van der Waals surface area contributed by atoms with Crippen molar-refractivity contribution >= 4 is 15.9 Å². The van der Waals surface area contributed by atoms with E-state index in [1.807, 2.05) is 0 Å². The minimum absolute atomic E-state index is 0.323. The first-order valence-corrected chi connectivity index (χ1v) is 7.43. The summed E-state index contributed by atoms with van der Waals surface area (Å²) >= 11 is 3.47. The molecule has 1 rings (SSSR count). The molecule has 0 saturated carbocycles. The van der Waals surface area contributed by atoms with Gasteiger partial charge in [0, 0.05) is 11.6 Å². The Bertz CT molecular complexity index is 326. The minimum atomic E-state index is 0.323. The van der Waals surface area contributed by atoms with E-state index in [-0.39, 0.29) is 0 Å². The van der Waals surface area contributed by atoms with E-state index in [1.54, 1.807) is 7.11 Å². The number of ether oxygens (including phenoxy) is 1. The largest absolute Gasteiger partial charge is 0.382 e. The predicted molar refractivity (Wildman–Crippen MR) is 81.0 cm³/mol. The zero-order chi connectivity index (χ0) is 13.4. The third-order valence-corrected chi connectivity index (χ3v) is 3.72. The molecule has 2 nitrogen and oxygen atoms in total. The van der Waals surface area contributed by atoms with Gasteiger partial charge in [-0.3, -0.25) is 0 Å². The van der Waals surface area contributed by atoms with E-state index in [0.29, 0.717) is 12.0 Å². The second kappa shape index (κ2) is 8.68. The van der Waals surface area contributed by atoms with Crippen LogP contribution in [-0.2, 0) is 11.2 Å². The molecule has 3 heteroatoms. The molecule has 0 spiro atoms. The molecule has 0 heterocycles. The predicted octanol–water partition coefficient (Wildman–Crippen LogP) is 3.64. The normalized spacial score (nSPS) is 14.4. The summed E-state index contributed by atoms with van der Waals surface area (Å²) < 4.78 is 6.52. The van der Waals surface area contributed by atoms with Crippen LogP contribution in [0.1, 0.15) is 25.8 Å². The lowest BCUT2D eigenvalue weighted by Crippen LogP contribution is -2.27. The standard InChI is InChI=1S/C15H24BrNO/c1-4-17-11-14(9-12(2)18-3)10-13-5-7-15(16)8-6-13/h5-8,12,14,17H,4,9-11H2,1-3H3. The number of nitrogens with one attached hydrogen (secondary N) is 1. The van der Waals surface area contributed by atoms with Crippen molar-refractivity contribution < 1.29 is 4.74 Å². The van der Waals surface area contributed by atoms with Crippen molar-refractivity contribution in [2.24, 2.45) is 5.92 Å². The minimum Gasteiger partial charge on any atom is -0.382 e. The van der Waals surface area contributed by atoms with E-state index in [9.17, 15) is 0 Å². The van der Waals surface area contributed by atoms with Crippen molar-refractivity contribution in [3.8, 4) is 0 Å². The highest BCUT2D eigenvalue weighted by Crippen LogP contribution is 2.17. The summed E-state index contributed by atoms with van der Waals surface area (Å²) in [5.41, 5.74) is 1.39. The summed E-state index contributed by atoms with van der Waals surface area (Å²) in [7, 11) is 1.79. The van der Waals surface area contributed by atoms with Crippen molar-refractivity contribution in [3.63, 3.8) is 0 Å². The van der Waals surface area contributed by atoms with Crippen molar-refractivity contribution in [2.45, 2.75) is 32.8 Å². The van der Waals surface area contributed by atoms with Gasteiger partial charge < -0.3 is 10.1 Å². The van der Waals surface area contributed by atoms with Crippen LogP contribution in [-0.4, -0.2) is 26.3 Å². The molecule has 0 aliphatic heterocycles. The second-order valence-electron chi connectivity index (χ2n) is 4.79. The third kappa shape index (κ3) is 5.98. The first-order chi connectivity index (χ1) is 8.65. The fourth-order valence-corrected chi connectivity index (χ4v) is 2.37. The number of hydrogen-bond acceptors (Lipinski definition) is 2. The third-order valence-electron chi connectivity index (χ3n) is 3.19. The van der Waals surface area contributed by atoms with Gasteiger partial charge >= 0.3 is 0 Å². The quantitative estimate of drug-likeness (QED) is 0.791. The van der Waals surface area contributed by atoms with Crippen LogP contribution in [0.3, 0.4) is 0 Å². The Morgan fingerprint density at radius 3 is 2.50 bits per heavy atom. The molecule has 0 aromatic heterocycles. The highest BCUT2D eigenvalue weighted by molar-refractivity contribution is 9.10.